The zero-order chi connectivity index (χ0) is 14.5. The zero-order valence-electron chi connectivity index (χ0n) is 10.3. The highest BCUT2D eigenvalue weighted by Gasteiger charge is 2.20. The van der Waals surface area contributed by atoms with E-state index in [0.717, 1.165) is 6.07 Å². The quantitative estimate of drug-likeness (QED) is 0.501. The van der Waals surface area contributed by atoms with Gasteiger partial charge in [-0.05, 0) is 30.3 Å². The van der Waals surface area contributed by atoms with Crippen LogP contribution < -0.4 is 10.6 Å². The van der Waals surface area contributed by atoms with Gasteiger partial charge in [-0.2, -0.15) is 5.90 Å². The summed E-state index contributed by atoms with van der Waals surface area (Å²) < 4.78 is 5.11. The van der Waals surface area contributed by atoms with Crippen LogP contribution in [0.4, 0.5) is 0 Å². The number of hydrogen-bond acceptors (Lipinski definition) is 6. The molecule has 0 spiro atoms. The number of benzene rings is 2. The minimum Gasteiger partial charge on any atom is -0.508 e. The maximum absolute atomic E-state index is 12.0. The van der Waals surface area contributed by atoms with Crippen LogP contribution in [0.3, 0.4) is 0 Å². The fourth-order valence-corrected chi connectivity index (χ4v) is 1.59. The van der Waals surface area contributed by atoms with Crippen LogP contribution in [0.5, 0.6) is 11.5 Å². The van der Waals surface area contributed by atoms with Crippen LogP contribution in [0, 0.1) is 0 Å². The van der Waals surface area contributed by atoms with Gasteiger partial charge >= 0.3 is 11.9 Å². The lowest BCUT2D eigenvalue weighted by molar-refractivity contribution is 0.0494. The third-order valence-electron chi connectivity index (χ3n) is 2.50. The van der Waals surface area contributed by atoms with Gasteiger partial charge in [-0.3, -0.25) is 0 Å². The second-order valence-corrected chi connectivity index (χ2v) is 3.84. The van der Waals surface area contributed by atoms with Crippen molar-refractivity contribution in [1.29, 1.82) is 0 Å². The Morgan fingerprint density at radius 2 is 1.65 bits per heavy atom. The number of esters is 1. The van der Waals surface area contributed by atoms with Gasteiger partial charge in [0.15, 0.2) is 0 Å². The summed E-state index contributed by atoms with van der Waals surface area (Å²) in [5, 5.41) is 9.35. The molecule has 102 valence electrons. The first-order valence-electron chi connectivity index (χ1n) is 5.63. The van der Waals surface area contributed by atoms with Gasteiger partial charge in [-0.1, -0.05) is 18.2 Å². The van der Waals surface area contributed by atoms with Gasteiger partial charge < -0.3 is 14.7 Å². The molecule has 0 aromatic heterocycles. The highest BCUT2D eigenvalue weighted by atomic mass is 16.7. The molecule has 0 aliphatic rings. The van der Waals surface area contributed by atoms with Crippen LogP contribution in [0.1, 0.15) is 20.7 Å². The smallest absolute Gasteiger partial charge is 0.357 e. The predicted octanol–water partition coefficient (Wildman–Crippen LogP) is 1.64. The van der Waals surface area contributed by atoms with E-state index in [1.54, 1.807) is 30.3 Å². The molecule has 20 heavy (non-hydrogen) atoms. The van der Waals surface area contributed by atoms with Crippen molar-refractivity contribution in [2.45, 2.75) is 0 Å². The highest BCUT2D eigenvalue weighted by molar-refractivity contribution is 6.04. The maximum Gasteiger partial charge on any atom is 0.357 e. The van der Waals surface area contributed by atoms with E-state index in [4.69, 9.17) is 10.6 Å². The van der Waals surface area contributed by atoms with Crippen molar-refractivity contribution >= 4 is 11.9 Å². The number of aromatic hydroxyl groups is 1. The number of ether oxygens (including phenoxy) is 1. The highest BCUT2D eigenvalue weighted by Crippen LogP contribution is 2.20. The molecule has 0 atom stereocenters. The van der Waals surface area contributed by atoms with Crippen molar-refractivity contribution < 1.29 is 24.3 Å². The van der Waals surface area contributed by atoms with E-state index in [2.05, 4.69) is 4.84 Å². The van der Waals surface area contributed by atoms with E-state index in [-0.39, 0.29) is 16.9 Å². The van der Waals surface area contributed by atoms with Crippen LogP contribution in [-0.4, -0.2) is 17.0 Å². The SMILES string of the molecule is NOC(=O)c1cc(O)ccc1C(=O)Oc1ccccc1. The van der Waals surface area contributed by atoms with Crippen molar-refractivity contribution in [3.05, 3.63) is 59.7 Å². The first-order chi connectivity index (χ1) is 9.61. The van der Waals surface area contributed by atoms with Crippen molar-refractivity contribution in [3.63, 3.8) is 0 Å². The van der Waals surface area contributed by atoms with E-state index >= 15 is 0 Å². The molecule has 0 aliphatic carbocycles. The van der Waals surface area contributed by atoms with Crippen molar-refractivity contribution in [1.82, 2.24) is 0 Å². The molecule has 0 heterocycles. The summed E-state index contributed by atoms with van der Waals surface area (Å²) in [5.74, 6) is 3.23. The number of para-hydroxylation sites is 1. The second-order valence-electron chi connectivity index (χ2n) is 3.84. The third kappa shape index (κ3) is 2.93. The van der Waals surface area contributed by atoms with Gasteiger partial charge in [0, 0.05) is 0 Å². The summed E-state index contributed by atoms with van der Waals surface area (Å²) in [6, 6.07) is 12.0. The van der Waals surface area contributed by atoms with Crippen molar-refractivity contribution in [3.8, 4) is 11.5 Å². The van der Waals surface area contributed by atoms with E-state index in [9.17, 15) is 14.7 Å². The normalized spacial score (nSPS) is 9.85. The summed E-state index contributed by atoms with van der Waals surface area (Å²) in [5.41, 5.74) is -0.226. The van der Waals surface area contributed by atoms with Crippen LogP contribution in [0.25, 0.3) is 0 Å². The molecule has 0 aliphatic heterocycles. The molecule has 0 fully saturated rings. The van der Waals surface area contributed by atoms with Gasteiger partial charge in [-0.15, -0.1) is 0 Å². The molecule has 0 unspecified atom stereocenters. The second kappa shape index (κ2) is 5.85. The monoisotopic (exact) mass is 273 g/mol. The Kier molecular flexibility index (Phi) is 3.97. The van der Waals surface area contributed by atoms with Gasteiger partial charge in [-0.25, -0.2) is 9.59 Å². The Morgan fingerprint density at radius 1 is 0.950 bits per heavy atom. The number of nitrogens with two attached hydrogens (primary N) is 1. The van der Waals surface area contributed by atoms with Gasteiger partial charge in [0.25, 0.3) is 0 Å². The molecular weight excluding hydrogens is 262 g/mol. The molecule has 2 aromatic carbocycles. The standard InChI is InChI=1S/C14H11NO5/c15-20-14(18)12-8-9(16)6-7-11(12)13(17)19-10-4-2-1-3-5-10/h1-8,16H,15H2. The minimum atomic E-state index is -0.944. The fraction of sp³-hybridized carbons (Fsp3) is 0. The van der Waals surface area contributed by atoms with Crippen LogP contribution in [-0.2, 0) is 4.84 Å². The van der Waals surface area contributed by atoms with Crippen LogP contribution in [0.15, 0.2) is 48.5 Å². The van der Waals surface area contributed by atoms with Gasteiger partial charge in [0.2, 0.25) is 0 Å². The Hall–Kier alpha value is -2.86. The van der Waals surface area contributed by atoms with Crippen LogP contribution >= 0.6 is 0 Å². The number of phenols is 1. The lowest BCUT2D eigenvalue weighted by Crippen LogP contribution is -2.17. The van der Waals surface area contributed by atoms with E-state index in [0.29, 0.717) is 5.75 Å². The molecule has 0 radical (unpaired) electrons. The van der Waals surface area contributed by atoms with E-state index in [1.165, 1.54) is 12.1 Å². The number of hydrogen-bond donors (Lipinski definition) is 2. The summed E-state index contributed by atoms with van der Waals surface area (Å²) in [6.45, 7) is 0. The summed E-state index contributed by atoms with van der Waals surface area (Å²) in [6.07, 6.45) is 0. The minimum absolute atomic E-state index is 0.0536. The average Bonchev–Trinajstić information content (AvgIpc) is 2.47. The fourth-order valence-electron chi connectivity index (χ4n) is 1.59. The molecule has 0 bridgehead atoms. The average molecular weight is 273 g/mol. The molecule has 0 saturated carbocycles. The Labute approximate surface area is 114 Å². The molecule has 0 saturated heterocycles. The number of rotatable bonds is 3. The Balaban J connectivity index is 2.32. The Morgan fingerprint density at radius 3 is 2.30 bits per heavy atom. The molecule has 2 aromatic rings. The number of carbonyl (C=O) groups excluding carboxylic acids is 2. The lowest BCUT2D eigenvalue weighted by atomic mass is 10.1. The summed E-state index contributed by atoms with van der Waals surface area (Å²) in [7, 11) is 0. The molecular formula is C14H11NO5. The largest absolute Gasteiger partial charge is 0.508 e. The maximum atomic E-state index is 12.0. The molecule has 0 amide bonds. The summed E-state index contributed by atoms with van der Waals surface area (Å²) in [4.78, 5) is 27.6. The van der Waals surface area contributed by atoms with Crippen molar-refractivity contribution in [2.75, 3.05) is 0 Å². The lowest BCUT2D eigenvalue weighted by Gasteiger charge is -2.08. The molecule has 6 nitrogen and oxygen atoms in total. The van der Waals surface area contributed by atoms with Gasteiger partial charge in [0.05, 0.1) is 11.1 Å². The Bertz CT molecular complexity index is 639. The van der Waals surface area contributed by atoms with Crippen LogP contribution in [0.2, 0.25) is 0 Å². The van der Waals surface area contributed by atoms with E-state index < -0.39 is 11.9 Å². The van der Waals surface area contributed by atoms with Crippen molar-refractivity contribution in [2.24, 2.45) is 5.90 Å². The number of carbonyl (C=O) groups is 2. The summed E-state index contributed by atoms with van der Waals surface area (Å²) >= 11 is 0. The van der Waals surface area contributed by atoms with E-state index in [1.807, 2.05) is 0 Å². The first-order valence-corrected chi connectivity index (χ1v) is 5.63. The molecule has 2 rings (SSSR count). The third-order valence-corrected chi connectivity index (χ3v) is 2.50. The number of phenolic OH excluding ortho intramolecular Hbond substituents is 1. The first kappa shape index (κ1) is 13.6. The molecule has 3 N–H and O–H groups in total. The molecule has 6 heteroatoms. The predicted molar refractivity (Wildman–Crippen MR) is 69.1 cm³/mol. The van der Waals surface area contributed by atoms with Gasteiger partial charge in [0.1, 0.15) is 11.5 Å². The zero-order valence-corrected chi connectivity index (χ0v) is 10.3. The topological polar surface area (TPSA) is 98.9 Å².